The zero-order chi connectivity index (χ0) is 19.5. The summed E-state index contributed by atoms with van der Waals surface area (Å²) in [7, 11) is 4.04. The number of hydrogen-bond acceptors (Lipinski definition) is 6. The van der Waals surface area contributed by atoms with Crippen LogP contribution in [0.25, 0.3) is 6.08 Å². The smallest absolute Gasteiger partial charge is 0.267 e. The van der Waals surface area contributed by atoms with E-state index in [1.165, 1.54) is 42.4 Å². The van der Waals surface area contributed by atoms with Crippen LogP contribution in [0.3, 0.4) is 0 Å². The predicted molar refractivity (Wildman–Crippen MR) is 119 cm³/mol. The van der Waals surface area contributed by atoms with Gasteiger partial charge in [-0.05, 0) is 48.4 Å². The molecule has 1 amide bonds. The average molecular weight is 413 g/mol. The minimum absolute atomic E-state index is 0.0730. The predicted octanol–water partition coefficient (Wildman–Crippen LogP) is 5.15. The molecule has 0 radical (unpaired) electrons. The van der Waals surface area contributed by atoms with Gasteiger partial charge in [-0.25, -0.2) is 4.98 Å². The molecule has 0 N–H and O–H groups in total. The van der Waals surface area contributed by atoms with Gasteiger partial charge in [-0.15, -0.1) is 11.3 Å². The number of amidine groups is 1. The second kappa shape index (κ2) is 8.49. The van der Waals surface area contributed by atoms with Crippen molar-refractivity contribution in [2.24, 2.45) is 4.99 Å². The maximum absolute atomic E-state index is 13.3. The molecule has 2 fully saturated rings. The minimum atomic E-state index is 0.0730. The summed E-state index contributed by atoms with van der Waals surface area (Å²) in [6.45, 7) is 0. The van der Waals surface area contributed by atoms with E-state index in [1.807, 2.05) is 30.5 Å². The summed E-state index contributed by atoms with van der Waals surface area (Å²) in [5.41, 5.74) is 2.17. The van der Waals surface area contributed by atoms with Crippen LogP contribution in [0.4, 0.5) is 10.8 Å². The largest absolute Gasteiger partial charge is 0.378 e. The second-order valence-electron chi connectivity index (χ2n) is 7.27. The number of aliphatic imine (C=N–C) groups is 1. The summed E-state index contributed by atoms with van der Waals surface area (Å²) in [6.07, 6.45) is 9.43. The molecule has 0 unspecified atom stereocenters. The van der Waals surface area contributed by atoms with Crippen molar-refractivity contribution in [3.05, 3.63) is 46.3 Å². The lowest BCUT2D eigenvalue weighted by atomic mass is 9.94. The Kier molecular flexibility index (Phi) is 5.82. The standard InChI is InChI=1S/C21H24N4OS2/c1-24(2)16-10-8-15(9-11-16)14-18-19(26)25(17-6-4-3-5-7-17)21(28-18)23-20-22-12-13-27-20/h8-14,17H,3-7H2,1-2H3/b18-14-,23-21+. The highest BCUT2D eigenvalue weighted by Crippen LogP contribution is 2.38. The molecule has 0 atom stereocenters. The van der Waals surface area contributed by atoms with Crippen molar-refractivity contribution in [2.45, 2.75) is 38.1 Å². The Labute approximate surface area is 174 Å². The zero-order valence-electron chi connectivity index (χ0n) is 16.2. The van der Waals surface area contributed by atoms with Gasteiger partial charge in [0.1, 0.15) is 0 Å². The third-order valence-electron chi connectivity index (χ3n) is 5.09. The third-order valence-corrected chi connectivity index (χ3v) is 6.74. The Balaban J connectivity index is 1.64. The van der Waals surface area contributed by atoms with Gasteiger partial charge >= 0.3 is 0 Å². The van der Waals surface area contributed by atoms with Crippen molar-refractivity contribution < 1.29 is 4.79 Å². The number of thioether (sulfide) groups is 1. The number of benzene rings is 1. The molecule has 4 rings (SSSR count). The van der Waals surface area contributed by atoms with Crippen molar-refractivity contribution >= 4 is 51.1 Å². The van der Waals surface area contributed by atoms with Crippen LogP contribution in [0.15, 0.2) is 45.7 Å². The van der Waals surface area contributed by atoms with Gasteiger partial charge in [0.15, 0.2) is 5.17 Å². The molecule has 7 heteroatoms. The highest BCUT2D eigenvalue weighted by molar-refractivity contribution is 8.18. The number of hydrogen-bond donors (Lipinski definition) is 0. The summed E-state index contributed by atoms with van der Waals surface area (Å²) in [6, 6.07) is 8.49. The van der Waals surface area contributed by atoms with Gasteiger partial charge in [0.2, 0.25) is 5.13 Å². The molecule has 146 valence electrons. The molecule has 1 aliphatic carbocycles. The van der Waals surface area contributed by atoms with Gasteiger partial charge in [-0.1, -0.05) is 31.4 Å². The van der Waals surface area contributed by atoms with E-state index in [0.29, 0.717) is 5.13 Å². The van der Waals surface area contributed by atoms with Gasteiger partial charge in [0, 0.05) is 37.4 Å². The van der Waals surface area contributed by atoms with Crippen molar-refractivity contribution in [1.29, 1.82) is 0 Å². The molecule has 5 nitrogen and oxygen atoms in total. The molecule has 28 heavy (non-hydrogen) atoms. The molecule has 1 saturated carbocycles. The molecule has 1 aromatic heterocycles. The maximum atomic E-state index is 13.3. The van der Waals surface area contributed by atoms with Crippen LogP contribution in [0.5, 0.6) is 0 Å². The Hall–Kier alpha value is -2.12. The van der Waals surface area contributed by atoms with Crippen LogP contribution in [0, 0.1) is 0 Å². The van der Waals surface area contributed by atoms with Crippen LogP contribution in [0.1, 0.15) is 37.7 Å². The average Bonchev–Trinajstić information content (AvgIpc) is 3.31. The summed E-state index contributed by atoms with van der Waals surface area (Å²) < 4.78 is 0. The quantitative estimate of drug-likeness (QED) is 0.652. The van der Waals surface area contributed by atoms with Crippen LogP contribution in [0.2, 0.25) is 0 Å². The first-order valence-electron chi connectivity index (χ1n) is 9.60. The maximum Gasteiger partial charge on any atom is 0.267 e. The number of anilines is 1. The monoisotopic (exact) mass is 412 g/mol. The number of carbonyl (C=O) groups excluding carboxylic acids is 1. The number of carbonyl (C=O) groups is 1. The highest BCUT2D eigenvalue weighted by Gasteiger charge is 2.38. The van der Waals surface area contributed by atoms with E-state index in [4.69, 9.17) is 4.99 Å². The molecule has 2 aromatic rings. The lowest BCUT2D eigenvalue weighted by Crippen LogP contribution is -2.40. The van der Waals surface area contributed by atoms with Gasteiger partial charge in [0.05, 0.1) is 4.91 Å². The van der Waals surface area contributed by atoms with Gasteiger partial charge in [-0.2, -0.15) is 4.99 Å². The molecule has 0 spiro atoms. The van der Waals surface area contributed by atoms with E-state index in [-0.39, 0.29) is 11.9 Å². The molecule has 1 saturated heterocycles. The van der Waals surface area contributed by atoms with E-state index in [2.05, 4.69) is 34.1 Å². The third kappa shape index (κ3) is 4.15. The molecule has 2 heterocycles. The topological polar surface area (TPSA) is 48.8 Å². The van der Waals surface area contributed by atoms with Crippen molar-refractivity contribution in [2.75, 3.05) is 19.0 Å². The lowest BCUT2D eigenvalue weighted by molar-refractivity contribution is -0.124. The Morgan fingerprint density at radius 3 is 2.57 bits per heavy atom. The van der Waals surface area contributed by atoms with Crippen LogP contribution in [-0.4, -0.2) is 41.1 Å². The normalized spacial score (nSPS) is 21.1. The fourth-order valence-electron chi connectivity index (χ4n) is 3.60. The zero-order valence-corrected chi connectivity index (χ0v) is 17.8. The first-order chi connectivity index (χ1) is 13.6. The van der Waals surface area contributed by atoms with Gasteiger partial charge in [0.25, 0.3) is 5.91 Å². The van der Waals surface area contributed by atoms with E-state index in [1.54, 1.807) is 6.20 Å². The van der Waals surface area contributed by atoms with Gasteiger partial charge in [-0.3, -0.25) is 9.69 Å². The van der Waals surface area contributed by atoms with E-state index in [9.17, 15) is 4.79 Å². The van der Waals surface area contributed by atoms with E-state index in [0.717, 1.165) is 34.2 Å². The van der Waals surface area contributed by atoms with Crippen LogP contribution < -0.4 is 4.90 Å². The summed E-state index contributed by atoms with van der Waals surface area (Å²) >= 11 is 2.96. The molecule has 1 aliphatic heterocycles. The first-order valence-corrected chi connectivity index (χ1v) is 11.3. The molecule has 2 aliphatic rings. The Bertz CT molecular complexity index is 882. The number of amides is 1. The SMILES string of the molecule is CN(C)c1ccc(/C=C2\S/C(=N/c3nccs3)N(C3CCCCC3)C2=O)cc1. The fourth-order valence-corrected chi connectivity index (χ4v) is 5.20. The first kappa shape index (κ1) is 19.2. The van der Waals surface area contributed by atoms with Crippen molar-refractivity contribution in [1.82, 2.24) is 9.88 Å². The number of aromatic nitrogens is 1. The number of rotatable bonds is 4. The lowest BCUT2D eigenvalue weighted by Gasteiger charge is -2.30. The van der Waals surface area contributed by atoms with Crippen LogP contribution >= 0.6 is 23.1 Å². The second-order valence-corrected chi connectivity index (χ2v) is 9.15. The molecular weight excluding hydrogens is 388 g/mol. The Morgan fingerprint density at radius 1 is 1.18 bits per heavy atom. The van der Waals surface area contributed by atoms with Crippen LogP contribution in [-0.2, 0) is 4.79 Å². The molecular formula is C21H24N4OS2. The Morgan fingerprint density at radius 2 is 1.93 bits per heavy atom. The number of thiazole rings is 1. The summed E-state index contributed by atoms with van der Waals surface area (Å²) in [4.78, 5) is 27.0. The van der Waals surface area contributed by atoms with Crippen molar-refractivity contribution in [3.8, 4) is 0 Å². The highest BCUT2D eigenvalue weighted by atomic mass is 32.2. The fraction of sp³-hybridized carbons (Fsp3) is 0.381. The summed E-state index contributed by atoms with van der Waals surface area (Å²) in [5.74, 6) is 0.0730. The van der Waals surface area contributed by atoms with Gasteiger partial charge < -0.3 is 4.90 Å². The molecule has 1 aromatic carbocycles. The summed E-state index contributed by atoms with van der Waals surface area (Å²) in [5, 5.41) is 3.38. The van der Waals surface area contributed by atoms with Crippen molar-refractivity contribution in [3.63, 3.8) is 0 Å². The number of nitrogens with zero attached hydrogens (tertiary/aromatic N) is 4. The van der Waals surface area contributed by atoms with E-state index < -0.39 is 0 Å². The molecule has 0 bridgehead atoms. The minimum Gasteiger partial charge on any atom is -0.378 e. The van der Waals surface area contributed by atoms with E-state index >= 15 is 0 Å².